The smallest absolute Gasteiger partial charge is 0.312 e. The summed E-state index contributed by atoms with van der Waals surface area (Å²) in [5.74, 6) is 5.65. The van der Waals surface area contributed by atoms with Crippen molar-refractivity contribution in [3.63, 3.8) is 0 Å². The molecule has 104 valence electrons. The monoisotopic (exact) mass is 339 g/mol. The number of benzene rings is 1. The summed E-state index contributed by atoms with van der Waals surface area (Å²) in [6.45, 7) is 1.72. The largest absolute Gasteiger partial charge is 0.431 e. The van der Waals surface area contributed by atoms with E-state index in [1.807, 2.05) is 0 Å². The fraction of sp³-hybridized carbons (Fsp3) is 0.0909. The Kier molecular flexibility index (Phi) is 4.11. The van der Waals surface area contributed by atoms with Gasteiger partial charge in [0.15, 0.2) is 0 Å². The van der Waals surface area contributed by atoms with Gasteiger partial charge in [-0.1, -0.05) is 15.9 Å². The van der Waals surface area contributed by atoms with Gasteiger partial charge in [0.2, 0.25) is 17.6 Å². The maximum atomic E-state index is 11.0. The van der Waals surface area contributed by atoms with Crippen LogP contribution in [-0.4, -0.2) is 14.9 Å². The number of nitrogens with zero attached hydrogens (tertiary/aromatic N) is 3. The molecule has 9 heteroatoms. The first-order valence-electron chi connectivity index (χ1n) is 5.43. The van der Waals surface area contributed by atoms with E-state index in [0.29, 0.717) is 10.0 Å². The van der Waals surface area contributed by atoms with Gasteiger partial charge in [-0.25, -0.2) is 10.8 Å². The SMILES string of the molecule is Cc1cnc(NN)nc1Oc1ccc(Br)cc1[N+](=O)[O-]. The third kappa shape index (κ3) is 3.00. The lowest BCUT2D eigenvalue weighted by atomic mass is 10.3. The highest BCUT2D eigenvalue weighted by Crippen LogP contribution is 2.34. The third-order valence-corrected chi connectivity index (χ3v) is 2.87. The van der Waals surface area contributed by atoms with Crippen molar-refractivity contribution in [1.82, 2.24) is 9.97 Å². The summed E-state index contributed by atoms with van der Waals surface area (Å²) in [6, 6.07) is 4.48. The Morgan fingerprint density at radius 1 is 1.50 bits per heavy atom. The summed E-state index contributed by atoms with van der Waals surface area (Å²) in [4.78, 5) is 18.4. The minimum absolute atomic E-state index is 0.0861. The van der Waals surface area contributed by atoms with Crippen molar-refractivity contribution < 1.29 is 9.66 Å². The molecule has 1 aromatic heterocycles. The van der Waals surface area contributed by atoms with Crippen LogP contribution >= 0.6 is 15.9 Å². The van der Waals surface area contributed by atoms with E-state index >= 15 is 0 Å². The molecule has 0 unspecified atom stereocenters. The number of hydrogen-bond donors (Lipinski definition) is 2. The number of aromatic nitrogens is 2. The van der Waals surface area contributed by atoms with Crippen LogP contribution < -0.4 is 16.0 Å². The molecule has 0 spiro atoms. The van der Waals surface area contributed by atoms with Crippen molar-refractivity contribution in [1.29, 1.82) is 0 Å². The van der Waals surface area contributed by atoms with Gasteiger partial charge < -0.3 is 4.74 Å². The van der Waals surface area contributed by atoms with E-state index in [1.54, 1.807) is 13.0 Å². The number of ether oxygens (including phenoxy) is 1. The number of nitro benzene ring substituents is 1. The second kappa shape index (κ2) is 5.80. The summed E-state index contributed by atoms with van der Waals surface area (Å²) in [7, 11) is 0. The zero-order valence-electron chi connectivity index (χ0n) is 10.3. The van der Waals surface area contributed by atoms with Crippen molar-refractivity contribution in [2.24, 2.45) is 5.84 Å². The number of nitrogens with one attached hydrogen (secondary N) is 1. The molecule has 0 bridgehead atoms. The van der Waals surface area contributed by atoms with Gasteiger partial charge in [0.25, 0.3) is 0 Å². The topological polar surface area (TPSA) is 116 Å². The standard InChI is InChI=1S/C11H10BrN5O3/c1-6-5-14-11(16-13)15-10(6)20-9-3-2-7(12)4-8(9)17(18)19/h2-5H,13H2,1H3,(H,14,15,16). The number of nitrogen functional groups attached to an aromatic ring is 1. The Bertz CT molecular complexity index is 665. The molecule has 8 nitrogen and oxygen atoms in total. The Balaban J connectivity index is 2.42. The molecule has 0 aliphatic heterocycles. The third-order valence-electron chi connectivity index (χ3n) is 2.38. The summed E-state index contributed by atoms with van der Waals surface area (Å²) >= 11 is 3.18. The Morgan fingerprint density at radius 2 is 2.25 bits per heavy atom. The minimum Gasteiger partial charge on any atom is -0.431 e. The summed E-state index contributed by atoms with van der Waals surface area (Å²) in [5, 5.41) is 11.0. The normalized spacial score (nSPS) is 10.2. The number of rotatable bonds is 4. The molecule has 0 fully saturated rings. The van der Waals surface area contributed by atoms with Gasteiger partial charge in [0.05, 0.1) is 4.92 Å². The van der Waals surface area contributed by atoms with Gasteiger partial charge in [0.1, 0.15) is 0 Å². The molecule has 0 saturated heterocycles. The lowest BCUT2D eigenvalue weighted by Crippen LogP contribution is -2.11. The van der Waals surface area contributed by atoms with Gasteiger partial charge in [-0.15, -0.1) is 0 Å². The maximum absolute atomic E-state index is 11.0. The predicted octanol–water partition coefficient (Wildman–Crippen LogP) is 2.53. The first-order valence-corrected chi connectivity index (χ1v) is 6.22. The lowest BCUT2D eigenvalue weighted by molar-refractivity contribution is -0.385. The molecule has 2 aromatic rings. The molecule has 0 radical (unpaired) electrons. The zero-order valence-corrected chi connectivity index (χ0v) is 11.9. The van der Waals surface area contributed by atoms with Gasteiger partial charge in [-0.2, -0.15) is 4.98 Å². The van der Waals surface area contributed by atoms with E-state index in [2.05, 4.69) is 31.3 Å². The highest BCUT2D eigenvalue weighted by atomic mass is 79.9. The number of nitrogens with two attached hydrogens (primary N) is 1. The van der Waals surface area contributed by atoms with Crippen LogP contribution in [0.3, 0.4) is 0 Å². The van der Waals surface area contributed by atoms with Crippen LogP contribution in [0.4, 0.5) is 11.6 Å². The highest BCUT2D eigenvalue weighted by Gasteiger charge is 2.18. The fourth-order valence-corrected chi connectivity index (χ4v) is 1.77. The number of hydrazine groups is 1. The molecule has 0 atom stereocenters. The van der Waals surface area contributed by atoms with E-state index in [4.69, 9.17) is 10.6 Å². The van der Waals surface area contributed by atoms with Crippen molar-refractivity contribution >= 4 is 27.6 Å². The maximum Gasteiger partial charge on any atom is 0.312 e. The van der Waals surface area contributed by atoms with E-state index in [0.717, 1.165) is 0 Å². The molecule has 1 aromatic carbocycles. The molecule has 0 amide bonds. The van der Waals surface area contributed by atoms with Crippen LogP contribution in [0.5, 0.6) is 11.6 Å². The Labute approximate surface area is 122 Å². The molecule has 3 N–H and O–H groups in total. The summed E-state index contributed by atoms with van der Waals surface area (Å²) < 4.78 is 6.07. The molecule has 0 aliphatic carbocycles. The molecular formula is C11H10BrN5O3. The van der Waals surface area contributed by atoms with Crippen LogP contribution in [0.1, 0.15) is 5.56 Å². The minimum atomic E-state index is -0.529. The molecular weight excluding hydrogens is 330 g/mol. The summed E-state index contributed by atoms with van der Waals surface area (Å²) in [5.41, 5.74) is 2.74. The second-order valence-corrected chi connectivity index (χ2v) is 4.71. The molecule has 0 saturated carbocycles. The number of nitro groups is 1. The molecule has 2 rings (SSSR count). The van der Waals surface area contributed by atoms with Crippen LogP contribution in [-0.2, 0) is 0 Å². The van der Waals surface area contributed by atoms with E-state index < -0.39 is 4.92 Å². The predicted molar refractivity (Wildman–Crippen MR) is 75.4 cm³/mol. The van der Waals surface area contributed by atoms with Gasteiger partial charge in [-0.05, 0) is 19.1 Å². The first kappa shape index (κ1) is 14.2. The number of anilines is 1. The van der Waals surface area contributed by atoms with Crippen molar-refractivity contribution in [2.75, 3.05) is 5.43 Å². The van der Waals surface area contributed by atoms with Crippen LogP contribution in [0.15, 0.2) is 28.9 Å². The average molecular weight is 340 g/mol. The van der Waals surface area contributed by atoms with Gasteiger partial charge in [0, 0.05) is 22.3 Å². The van der Waals surface area contributed by atoms with E-state index in [1.165, 1.54) is 18.3 Å². The van der Waals surface area contributed by atoms with Crippen molar-refractivity contribution in [3.05, 3.63) is 44.5 Å². The highest BCUT2D eigenvalue weighted by molar-refractivity contribution is 9.10. The van der Waals surface area contributed by atoms with Crippen molar-refractivity contribution in [2.45, 2.75) is 6.92 Å². The van der Waals surface area contributed by atoms with Crippen LogP contribution in [0.25, 0.3) is 0 Å². The quantitative estimate of drug-likeness (QED) is 0.499. The lowest BCUT2D eigenvalue weighted by Gasteiger charge is -2.09. The molecule has 0 aliphatic rings. The number of aryl methyl sites for hydroxylation is 1. The fourth-order valence-electron chi connectivity index (χ4n) is 1.42. The Morgan fingerprint density at radius 3 is 2.90 bits per heavy atom. The first-order chi connectivity index (χ1) is 9.51. The Hall–Kier alpha value is -2.26. The van der Waals surface area contributed by atoms with E-state index in [-0.39, 0.29) is 23.3 Å². The molecule has 20 heavy (non-hydrogen) atoms. The number of hydrogen-bond acceptors (Lipinski definition) is 7. The van der Waals surface area contributed by atoms with Gasteiger partial charge >= 0.3 is 5.69 Å². The number of halogens is 1. The van der Waals surface area contributed by atoms with E-state index in [9.17, 15) is 10.1 Å². The zero-order chi connectivity index (χ0) is 14.7. The van der Waals surface area contributed by atoms with Crippen LogP contribution in [0.2, 0.25) is 0 Å². The summed E-state index contributed by atoms with van der Waals surface area (Å²) in [6.07, 6.45) is 1.50. The van der Waals surface area contributed by atoms with Crippen LogP contribution in [0, 0.1) is 17.0 Å². The molecule has 1 heterocycles. The second-order valence-electron chi connectivity index (χ2n) is 3.80. The van der Waals surface area contributed by atoms with Crippen molar-refractivity contribution in [3.8, 4) is 11.6 Å². The van der Waals surface area contributed by atoms with Gasteiger partial charge in [-0.3, -0.25) is 15.5 Å². The average Bonchev–Trinajstić information content (AvgIpc) is 2.42.